The highest BCUT2D eigenvalue weighted by Gasteiger charge is 2.24. The quantitative estimate of drug-likeness (QED) is 0.0738. The van der Waals surface area contributed by atoms with Gasteiger partial charge in [-0.3, -0.25) is 14.8 Å². The maximum atomic E-state index is 11.1. The predicted octanol–water partition coefficient (Wildman–Crippen LogP) is 7.45. The number of aromatic amines is 4. The average molecular weight is 1440 g/mol. The maximum absolute atomic E-state index is 11.1. The van der Waals surface area contributed by atoms with E-state index in [4.69, 9.17) is 23.2 Å². The van der Waals surface area contributed by atoms with Gasteiger partial charge in [0.1, 0.15) is 16.4 Å². The van der Waals surface area contributed by atoms with E-state index >= 15 is 0 Å². The van der Waals surface area contributed by atoms with E-state index in [2.05, 4.69) is 186 Å². The first-order chi connectivity index (χ1) is 49.1. The zero-order chi connectivity index (χ0) is 68.8. The van der Waals surface area contributed by atoms with E-state index in [0.29, 0.717) is 45.4 Å². The SMILES string of the molecule is Brc1ccc2nnnn2c1.Cc1nc(-c2ccncc2)n2nnnc2c1Cl.Cc1nnc2nn[nH]n2c1=O.ClC1N=NN=[N+]1c1ccccc1.c1ccc(-c2nn[nH]n2)cc1.c1ccc2nc(-c3nn[nH]n3)ccc2c1.c1ccn2nnnc2c1.c1cnc2ccc(-c3nn[nH]n3)cc2c1. The molecule has 1 atom stereocenters. The molecule has 0 saturated carbocycles. The number of para-hydroxylation sites is 2. The molecular formula is C58H44BrCl2N38O+. The van der Waals surface area contributed by atoms with Crippen molar-refractivity contribution in [2.45, 2.75) is 19.5 Å². The molecular weight excluding hydrogens is 1400 g/mol. The summed E-state index contributed by atoms with van der Waals surface area (Å²) in [5.74, 6) is 2.57. The minimum atomic E-state index is -0.507. The normalized spacial score (nSPS) is 11.8. The number of fused-ring (bicyclic) bond motifs is 6. The molecule has 0 fully saturated rings. The number of aromatic nitrogens is 34. The van der Waals surface area contributed by atoms with Gasteiger partial charge < -0.3 is 0 Å². The fourth-order valence-corrected chi connectivity index (χ4v) is 9.17. The summed E-state index contributed by atoms with van der Waals surface area (Å²) in [6.45, 7) is 3.39. The number of pyridine rings is 5. The summed E-state index contributed by atoms with van der Waals surface area (Å²) >= 11 is 15.2. The second-order valence-electron chi connectivity index (χ2n) is 19.7. The van der Waals surface area contributed by atoms with E-state index in [1.54, 1.807) is 51.6 Å². The van der Waals surface area contributed by atoms with Gasteiger partial charge in [0.2, 0.25) is 28.3 Å². The van der Waals surface area contributed by atoms with Crippen LogP contribution in [0.2, 0.25) is 5.02 Å². The molecule has 1 aliphatic rings. The summed E-state index contributed by atoms with van der Waals surface area (Å²) in [4.78, 5) is 28.2. The van der Waals surface area contributed by atoms with Crippen molar-refractivity contribution in [1.82, 2.24) is 172 Å². The van der Waals surface area contributed by atoms with Crippen molar-refractivity contribution in [3.8, 4) is 45.7 Å². The van der Waals surface area contributed by atoms with Crippen LogP contribution in [0.1, 0.15) is 11.4 Å². The number of rotatable bonds is 5. The molecule has 19 rings (SSSR count). The molecule has 1 aliphatic heterocycles. The first-order valence-corrected chi connectivity index (χ1v) is 30.5. The third kappa shape index (κ3) is 16.8. The Labute approximate surface area is 576 Å². The molecule has 100 heavy (non-hydrogen) atoms. The molecule has 0 aliphatic carbocycles. The Morgan fingerprint density at radius 3 is 1.95 bits per heavy atom. The number of aryl methyl sites for hydroxylation is 2. The van der Waals surface area contributed by atoms with Gasteiger partial charge in [-0.15, -0.1) is 56.1 Å². The van der Waals surface area contributed by atoms with Crippen LogP contribution in [-0.4, -0.2) is 182 Å². The molecule has 42 heteroatoms. The summed E-state index contributed by atoms with van der Waals surface area (Å²) in [6.07, 6.45) is 8.76. The van der Waals surface area contributed by atoms with Gasteiger partial charge in [-0.2, -0.15) is 34.4 Å². The van der Waals surface area contributed by atoms with E-state index in [-0.39, 0.29) is 11.3 Å². The van der Waals surface area contributed by atoms with Crippen molar-refractivity contribution in [2.24, 2.45) is 15.6 Å². The fourth-order valence-electron chi connectivity index (χ4n) is 8.49. The number of halogens is 3. The van der Waals surface area contributed by atoms with Crippen LogP contribution in [0.5, 0.6) is 0 Å². The lowest BCUT2D eigenvalue weighted by atomic mass is 10.1. The summed E-state index contributed by atoms with van der Waals surface area (Å²) in [5, 5.41) is 104. The fraction of sp³-hybridized carbons (Fsp3) is 0.0517. The van der Waals surface area contributed by atoms with Crippen molar-refractivity contribution in [1.29, 1.82) is 0 Å². The molecule has 39 nitrogen and oxygen atoms in total. The van der Waals surface area contributed by atoms with Crippen molar-refractivity contribution in [2.75, 3.05) is 0 Å². The first kappa shape index (κ1) is 66.1. The highest BCUT2D eigenvalue weighted by atomic mass is 79.9. The summed E-state index contributed by atoms with van der Waals surface area (Å²) in [6, 6.07) is 53.8. The van der Waals surface area contributed by atoms with Gasteiger partial charge in [0.25, 0.3) is 11.3 Å². The summed E-state index contributed by atoms with van der Waals surface area (Å²) < 4.78 is 8.37. The Morgan fingerprint density at radius 2 is 1.22 bits per heavy atom. The first-order valence-electron chi connectivity index (χ1n) is 28.9. The second-order valence-corrected chi connectivity index (χ2v) is 21.4. The van der Waals surface area contributed by atoms with Gasteiger partial charge in [0, 0.05) is 68.0 Å². The van der Waals surface area contributed by atoms with E-state index in [1.807, 2.05) is 177 Å². The number of alkyl halides is 1. The number of nitrogens with zero attached hydrogens (tertiary/aromatic N) is 34. The van der Waals surface area contributed by atoms with Crippen LogP contribution in [-0.2, 0) is 0 Å². The summed E-state index contributed by atoms with van der Waals surface area (Å²) in [5.41, 5.74) is 8.56. The second kappa shape index (κ2) is 32.5. The Bertz CT molecular complexity index is 5560. The number of nitrogens with one attached hydrogen (secondary N) is 4. The molecule has 0 amide bonds. The molecule has 0 spiro atoms. The number of tetrazole rings is 7. The highest BCUT2D eigenvalue weighted by Crippen LogP contribution is 2.25. The Balaban J connectivity index is 0.000000109. The van der Waals surface area contributed by atoms with Crippen LogP contribution in [0.25, 0.3) is 90.2 Å². The third-order valence-corrected chi connectivity index (χ3v) is 14.4. The van der Waals surface area contributed by atoms with Crippen LogP contribution in [0.3, 0.4) is 0 Å². The lowest BCUT2D eigenvalue weighted by molar-refractivity contribution is -0.518. The lowest BCUT2D eigenvalue weighted by Gasteiger charge is -2.05. The van der Waals surface area contributed by atoms with Gasteiger partial charge in [-0.05, 0) is 178 Å². The molecule has 4 aromatic carbocycles. The number of H-pyrrole nitrogens is 4. The molecule has 492 valence electrons. The molecule has 4 N–H and O–H groups in total. The minimum absolute atomic E-state index is 0.181. The predicted molar refractivity (Wildman–Crippen MR) is 357 cm³/mol. The molecule has 18 aromatic rings. The third-order valence-electron chi connectivity index (χ3n) is 13.2. The van der Waals surface area contributed by atoms with Crippen molar-refractivity contribution in [3.63, 3.8) is 0 Å². The lowest BCUT2D eigenvalue weighted by Crippen LogP contribution is -2.19. The van der Waals surface area contributed by atoms with E-state index < -0.39 is 5.62 Å². The van der Waals surface area contributed by atoms with Gasteiger partial charge in [-0.25, -0.2) is 14.5 Å². The van der Waals surface area contributed by atoms with Crippen LogP contribution >= 0.6 is 39.1 Å². The zero-order valence-electron chi connectivity index (χ0n) is 51.4. The number of hydrogen-bond acceptors (Lipinski definition) is 30. The topological polar surface area (TPSA) is 473 Å². The highest BCUT2D eigenvalue weighted by molar-refractivity contribution is 9.10. The van der Waals surface area contributed by atoms with Gasteiger partial charge >= 0.3 is 5.62 Å². The average Bonchev–Trinajstić information content (AvgIpc) is 1.59. The molecule has 15 heterocycles. The summed E-state index contributed by atoms with van der Waals surface area (Å²) in [7, 11) is 0. The molecule has 14 aromatic heterocycles. The van der Waals surface area contributed by atoms with Crippen molar-refractivity contribution < 1.29 is 4.70 Å². The van der Waals surface area contributed by atoms with Crippen molar-refractivity contribution in [3.05, 3.63) is 232 Å². The molecule has 1 unspecified atom stereocenters. The van der Waals surface area contributed by atoms with Crippen LogP contribution in [0, 0.1) is 13.8 Å². The van der Waals surface area contributed by atoms with Gasteiger partial charge in [0.05, 0.1) is 16.7 Å². The van der Waals surface area contributed by atoms with Crippen molar-refractivity contribution >= 4 is 89.3 Å². The maximum Gasteiger partial charge on any atom is 0.332 e. The molecule has 0 bridgehead atoms. The van der Waals surface area contributed by atoms with E-state index in [1.165, 1.54) is 4.52 Å². The molecule has 0 radical (unpaired) electrons. The number of hydrogen-bond donors (Lipinski definition) is 4. The Morgan fingerprint density at radius 1 is 0.540 bits per heavy atom. The van der Waals surface area contributed by atoms with Gasteiger partial charge in [0.15, 0.2) is 28.0 Å². The van der Waals surface area contributed by atoms with Crippen LogP contribution < -0.4 is 5.56 Å². The monoisotopic (exact) mass is 1440 g/mol. The standard InChI is InChI=1S/C10H7ClN6.2C10H7N5.C7H6ClN4.C7H6N4.C5H3BrN4.C5H4N4.C4H4N6O/c1-6-8(11)10-14-15-16-17(10)9(13-6)7-2-4-12-5-3-7;1-2-7-6-8(10-12-14-15-13-10)3-4-9(7)11-5-1;1-2-4-8-7(3-1)5-6-9(11-8)10-12-14-15-13-10;8-7-9-10-11-12(7)6-4-2-1-3-5-6;1-2-4-6(5-3-1)7-8-10-11-9-7;6-4-1-2-5-7-8-9-10(5)3-4;1-2-4-9-5(3-1)6-7-8-9;1-2-3(11)10-4(6-5-2)7-8-9-10/h2-5H,1H3;2*1-6H,(H,12,13,14,15);1-5,7H;1-5H,(H,8,9,10,11);1-3H;1-4H;1H3,(H,6,7,9)/q;;;+1;;;;. The number of benzene rings is 4. The Hall–Kier alpha value is -13.9. The van der Waals surface area contributed by atoms with E-state index in [0.717, 1.165) is 70.2 Å². The van der Waals surface area contributed by atoms with E-state index in [9.17, 15) is 4.79 Å². The Kier molecular flexibility index (Phi) is 21.5. The zero-order valence-corrected chi connectivity index (χ0v) is 54.5. The smallest absolute Gasteiger partial charge is 0.265 e. The largest absolute Gasteiger partial charge is 0.332 e. The molecule has 0 saturated heterocycles. The minimum Gasteiger partial charge on any atom is -0.265 e. The van der Waals surface area contributed by atoms with Gasteiger partial charge in [-0.1, -0.05) is 106 Å². The van der Waals surface area contributed by atoms with Crippen LogP contribution in [0.4, 0.5) is 5.69 Å². The van der Waals surface area contributed by atoms with Crippen LogP contribution in [0.15, 0.2) is 226 Å².